The van der Waals surface area contributed by atoms with Crippen molar-refractivity contribution in [3.05, 3.63) is 29.1 Å². The van der Waals surface area contributed by atoms with Gasteiger partial charge in [0.25, 0.3) is 0 Å². The topological polar surface area (TPSA) is 29.3 Å². The lowest BCUT2D eigenvalue weighted by molar-refractivity contribution is 0.482. The maximum absolute atomic E-state index is 13.7. The van der Waals surface area contributed by atoms with Gasteiger partial charge in [0, 0.05) is 24.3 Å². The van der Waals surface area contributed by atoms with Gasteiger partial charge in [-0.25, -0.2) is 4.39 Å². The van der Waals surface area contributed by atoms with Crippen LogP contribution in [0, 0.1) is 12.7 Å². The molecule has 1 aliphatic heterocycles. The normalized spacial score (nSPS) is 22.1. The second-order valence-corrected chi connectivity index (χ2v) is 5.49. The van der Waals surface area contributed by atoms with E-state index < -0.39 is 0 Å². The van der Waals surface area contributed by atoms with Gasteiger partial charge in [0.15, 0.2) is 0 Å². The maximum atomic E-state index is 13.7. The van der Waals surface area contributed by atoms with Crippen molar-refractivity contribution < 1.29 is 4.39 Å². The van der Waals surface area contributed by atoms with E-state index in [4.69, 9.17) is 5.73 Å². The smallest absolute Gasteiger partial charge is 0.126 e. The first-order chi connectivity index (χ1) is 8.50. The largest absolute Gasteiger partial charge is 0.369 e. The molecule has 1 fully saturated rings. The van der Waals surface area contributed by atoms with Gasteiger partial charge in [-0.1, -0.05) is 0 Å². The third-order valence-electron chi connectivity index (χ3n) is 3.91. The molecular weight excluding hydrogens is 227 g/mol. The number of nitrogens with two attached hydrogens (primary N) is 1. The molecule has 2 unspecified atom stereocenters. The van der Waals surface area contributed by atoms with E-state index in [0.717, 1.165) is 17.8 Å². The molecule has 2 atom stereocenters. The molecule has 0 aromatic heterocycles. The van der Waals surface area contributed by atoms with Gasteiger partial charge in [-0.3, -0.25) is 0 Å². The lowest BCUT2D eigenvalue weighted by atomic mass is 9.97. The highest BCUT2D eigenvalue weighted by Gasteiger charge is 2.22. The quantitative estimate of drug-likeness (QED) is 0.870. The Balaban J connectivity index is 2.44. The number of nitrogens with zero attached hydrogens (tertiary/aromatic N) is 1. The lowest BCUT2D eigenvalue weighted by Crippen LogP contribution is -2.38. The highest BCUT2D eigenvalue weighted by Crippen LogP contribution is 2.32. The molecule has 1 aliphatic rings. The van der Waals surface area contributed by atoms with E-state index in [-0.39, 0.29) is 11.9 Å². The van der Waals surface area contributed by atoms with Gasteiger partial charge in [-0.05, 0) is 63.3 Å². The van der Waals surface area contributed by atoms with E-state index in [1.165, 1.54) is 19.3 Å². The fraction of sp³-hybridized carbons (Fsp3) is 0.600. The highest BCUT2D eigenvalue weighted by molar-refractivity contribution is 5.58. The first kappa shape index (κ1) is 13.3. The van der Waals surface area contributed by atoms with Gasteiger partial charge in [-0.2, -0.15) is 0 Å². The average Bonchev–Trinajstić information content (AvgIpc) is 2.32. The van der Waals surface area contributed by atoms with Crippen LogP contribution in [0.25, 0.3) is 0 Å². The summed E-state index contributed by atoms with van der Waals surface area (Å²) in [5.74, 6) is -0.157. The molecule has 0 spiro atoms. The molecule has 1 heterocycles. The van der Waals surface area contributed by atoms with Gasteiger partial charge < -0.3 is 10.6 Å². The Morgan fingerprint density at radius 3 is 2.72 bits per heavy atom. The molecule has 1 aromatic carbocycles. The van der Waals surface area contributed by atoms with E-state index in [2.05, 4.69) is 11.8 Å². The SMILES string of the molecule is Cc1cc(N2CCCCC2C)c(C(C)N)cc1F. The molecule has 18 heavy (non-hydrogen) atoms. The minimum atomic E-state index is -0.157. The summed E-state index contributed by atoms with van der Waals surface area (Å²) < 4.78 is 13.7. The minimum absolute atomic E-state index is 0.135. The Bertz CT molecular complexity index is 429. The number of piperidine rings is 1. The fourth-order valence-corrected chi connectivity index (χ4v) is 2.75. The lowest BCUT2D eigenvalue weighted by Gasteiger charge is -2.37. The molecule has 3 heteroatoms. The molecule has 0 saturated carbocycles. The van der Waals surface area contributed by atoms with Crippen molar-refractivity contribution >= 4 is 5.69 Å². The third kappa shape index (κ3) is 2.51. The molecule has 2 nitrogen and oxygen atoms in total. The van der Waals surface area contributed by atoms with Crippen LogP contribution < -0.4 is 10.6 Å². The number of halogens is 1. The van der Waals surface area contributed by atoms with Crippen LogP contribution in [-0.2, 0) is 0 Å². The van der Waals surface area contributed by atoms with Crippen LogP contribution in [0.2, 0.25) is 0 Å². The van der Waals surface area contributed by atoms with Crippen LogP contribution in [0.1, 0.15) is 50.3 Å². The molecule has 0 radical (unpaired) electrons. The summed E-state index contributed by atoms with van der Waals surface area (Å²) in [4.78, 5) is 2.38. The molecule has 0 aliphatic carbocycles. The van der Waals surface area contributed by atoms with E-state index in [1.54, 1.807) is 6.07 Å². The Morgan fingerprint density at radius 1 is 1.39 bits per heavy atom. The Hall–Kier alpha value is -1.09. The van der Waals surface area contributed by atoms with E-state index in [0.29, 0.717) is 11.6 Å². The fourth-order valence-electron chi connectivity index (χ4n) is 2.75. The number of aryl methyl sites for hydroxylation is 1. The predicted molar refractivity (Wildman–Crippen MR) is 74.4 cm³/mol. The summed E-state index contributed by atoms with van der Waals surface area (Å²) in [6, 6.07) is 3.94. The van der Waals surface area contributed by atoms with Crippen LogP contribution in [0.15, 0.2) is 12.1 Å². The monoisotopic (exact) mass is 250 g/mol. The van der Waals surface area contributed by atoms with Crippen molar-refractivity contribution in [3.63, 3.8) is 0 Å². The zero-order valence-electron chi connectivity index (χ0n) is 11.5. The Morgan fingerprint density at radius 2 is 2.11 bits per heavy atom. The number of hydrogen-bond donors (Lipinski definition) is 1. The molecule has 2 rings (SSSR count). The van der Waals surface area contributed by atoms with Crippen molar-refractivity contribution in [3.8, 4) is 0 Å². The molecule has 1 saturated heterocycles. The van der Waals surface area contributed by atoms with Gasteiger partial charge >= 0.3 is 0 Å². The van der Waals surface area contributed by atoms with Gasteiger partial charge in [0.1, 0.15) is 5.82 Å². The molecule has 100 valence electrons. The van der Waals surface area contributed by atoms with Gasteiger partial charge in [0.2, 0.25) is 0 Å². The second-order valence-electron chi connectivity index (χ2n) is 5.49. The molecule has 2 N–H and O–H groups in total. The van der Waals surface area contributed by atoms with E-state index in [9.17, 15) is 4.39 Å². The molecule has 1 aromatic rings. The van der Waals surface area contributed by atoms with Crippen molar-refractivity contribution in [2.75, 3.05) is 11.4 Å². The zero-order valence-corrected chi connectivity index (χ0v) is 11.5. The summed E-state index contributed by atoms with van der Waals surface area (Å²) in [6.07, 6.45) is 3.69. The second kappa shape index (κ2) is 5.27. The average molecular weight is 250 g/mol. The van der Waals surface area contributed by atoms with E-state index >= 15 is 0 Å². The highest BCUT2D eigenvalue weighted by atomic mass is 19.1. The van der Waals surface area contributed by atoms with Crippen LogP contribution >= 0.6 is 0 Å². The van der Waals surface area contributed by atoms with Crippen molar-refractivity contribution in [2.45, 2.75) is 52.1 Å². The number of rotatable bonds is 2. The van der Waals surface area contributed by atoms with Crippen molar-refractivity contribution in [2.24, 2.45) is 5.73 Å². The molecule has 0 bridgehead atoms. The summed E-state index contributed by atoms with van der Waals surface area (Å²) in [7, 11) is 0. The summed E-state index contributed by atoms with van der Waals surface area (Å²) in [5.41, 5.74) is 8.74. The van der Waals surface area contributed by atoms with Crippen molar-refractivity contribution in [1.82, 2.24) is 0 Å². The zero-order chi connectivity index (χ0) is 13.3. The van der Waals surface area contributed by atoms with Crippen LogP contribution in [-0.4, -0.2) is 12.6 Å². The Kier molecular flexibility index (Phi) is 3.91. The molecular formula is C15H23FN2. The predicted octanol–water partition coefficient (Wildman–Crippen LogP) is 3.53. The van der Waals surface area contributed by atoms with E-state index in [1.807, 2.05) is 19.9 Å². The number of benzene rings is 1. The standard InChI is InChI=1S/C15H23FN2/c1-10-8-15(13(12(3)17)9-14(10)16)18-7-5-4-6-11(18)2/h8-9,11-12H,4-7,17H2,1-3H3. The molecule has 0 amide bonds. The Labute approximate surface area is 109 Å². The summed E-state index contributed by atoms with van der Waals surface area (Å²) >= 11 is 0. The summed E-state index contributed by atoms with van der Waals surface area (Å²) in [5, 5.41) is 0. The van der Waals surface area contributed by atoms with Crippen molar-refractivity contribution in [1.29, 1.82) is 0 Å². The van der Waals surface area contributed by atoms with Crippen LogP contribution in [0.4, 0.5) is 10.1 Å². The number of anilines is 1. The van der Waals surface area contributed by atoms with Crippen LogP contribution in [0.3, 0.4) is 0 Å². The third-order valence-corrected chi connectivity index (χ3v) is 3.91. The van der Waals surface area contributed by atoms with Gasteiger partial charge in [-0.15, -0.1) is 0 Å². The summed E-state index contributed by atoms with van der Waals surface area (Å²) in [6.45, 7) is 7.02. The first-order valence-electron chi connectivity index (χ1n) is 6.83. The first-order valence-corrected chi connectivity index (χ1v) is 6.83. The van der Waals surface area contributed by atoms with Gasteiger partial charge in [0.05, 0.1) is 0 Å². The minimum Gasteiger partial charge on any atom is -0.369 e. The number of hydrogen-bond acceptors (Lipinski definition) is 2. The van der Waals surface area contributed by atoms with Crippen LogP contribution in [0.5, 0.6) is 0 Å². The maximum Gasteiger partial charge on any atom is 0.126 e.